The van der Waals surface area contributed by atoms with Crippen molar-refractivity contribution in [2.45, 2.75) is 0 Å². The van der Waals surface area contributed by atoms with Crippen molar-refractivity contribution in [3.05, 3.63) is 59.7 Å². The van der Waals surface area contributed by atoms with Crippen molar-refractivity contribution in [2.75, 3.05) is 14.2 Å². The summed E-state index contributed by atoms with van der Waals surface area (Å²) >= 11 is 1.57. The molecule has 22 heavy (non-hydrogen) atoms. The van der Waals surface area contributed by atoms with E-state index in [2.05, 4.69) is 6.58 Å². The molecular weight excluding hydrogens is 299 g/mol. The minimum absolute atomic E-state index is 0.296. The van der Waals surface area contributed by atoms with Crippen LogP contribution in [-0.2, 0) is 4.74 Å². The zero-order chi connectivity index (χ0) is 15.7. The molecule has 0 aliphatic rings. The minimum atomic E-state index is -0.296. The van der Waals surface area contributed by atoms with Gasteiger partial charge in [0.1, 0.15) is 17.3 Å². The van der Waals surface area contributed by atoms with E-state index in [4.69, 9.17) is 9.47 Å². The Kier molecular flexibility index (Phi) is 3.86. The van der Waals surface area contributed by atoms with Crippen LogP contribution in [0, 0.1) is 5.82 Å². The Hall–Kier alpha value is -2.33. The molecule has 0 atom stereocenters. The fraction of sp³-hybridized carbons (Fsp3) is 0.111. The molecule has 0 aliphatic carbocycles. The van der Waals surface area contributed by atoms with Gasteiger partial charge in [-0.15, -0.1) is 11.3 Å². The third-order valence-electron chi connectivity index (χ3n) is 3.61. The lowest BCUT2D eigenvalue weighted by molar-refractivity contribution is 0.371. The maximum Gasteiger partial charge on any atom is 0.134 e. The molecule has 2 nitrogen and oxygen atoms in total. The fourth-order valence-corrected chi connectivity index (χ4v) is 3.38. The maximum absolute atomic E-state index is 14.3. The van der Waals surface area contributed by atoms with Gasteiger partial charge < -0.3 is 9.47 Å². The lowest BCUT2D eigenvalue weighted by Crippen LogP contribution is -1.91. The minimum Gasteiger partial charge on any atom is -0.497 e. The zero-order valence-corrected chi connectivity index (χ0v) is 13.2. The van der Waals surface area contributed by atoms with E-state index in [9.17, 15) is 4.39 Å². The molecule has 0 radical (unpaired) electrons. The fourth-order valence-electron chi connectivity index (χ4n) is 2.45. The van der Waals surface area contributed by atoms with Crippen LogP contribution < -0.4 is 4.74 Å². The number of rotatable bonds is 4. The molecule has 4 heteroatoms. The predicted octanol–water partition coefficient (Wildman–Crippen LogP) is 5.33. The van der Waals surface area contributed by atoms with E-state index < -0.39 is 0 Å². The number of fused-ring (bicyclic) bond motifs is 1. The van der Waals surface area contributed by atoms with Gasteiger partial charge in [-0.05, 0) is 30.3 Å². The number of hydrogen-bond donors (Lipinski definition) is 0. The van der Waals surface area contributed by atoms with Crippen LogP contribution in [0.3, 0.4) is 0 Å². The summed E-state index contributed by atoms with van der Waals surface area (Å²) in [6.07, 6.45) is 0. The number of thiophene rings is 1. The molecule has 0 N–H and O–H groups in total. The predicted molar refractivity (Wildman–Crippen MR) is 89.8 cm³/mol. The number of ether oxygens (including phenoxy) is 2. The van der Waals surface area contributed by atoms with Gasteiger partial charge in [0.05, 0.1) is 19.8 Å². The van der Waals surface area contributed by atoms with Crippen molar-refractivity contribution >= 4 is 27.2 Å². The van der Waals surface area contributed by atoms with Crippen LogP contribution in [0.15, 0.2) is 48.4 Å². The molecule has 0 unspecified atom stereocenters. The van der Waals surface area contributed by atoms with E-state index in [-0.39, 0.29) is 5.82 Å². The lowest BCUT2D eigenvalue weighted by atomic mass is 10.0. The van der Waals surface area contributed by atoms with Crippen molar-refractivity contribution in [2.24, 2.45) is 0 Å². The van der Waals surface area contributed by atoms with Crippen molar-refractivity contribution in [3.8, 4) is 16.9 Å². The Bertz CT molecular complexity index is 851. The Morgan fingerprint density at radius 2 is 2.00 bits per heavy atom. The first-order valence-electron chi connectivity index (χ1n) is 6.73. The summed E-state index contributed by atoms with van der Waals surface area (Å²) in [6, 6.07) is 10.8. The van der Waals surface area contributed by atoms with Gasteiger partial charge in [-0.25, -0.2) is 4.39 Å². The second-order valence-corrected chi connectivity index (χ2v) is 5.72. The average molecular weight is 314 g/mol. The van der Waals surface area contributed by atoms with Gasteiger partial charge in [0.2, 0.25) is 0 Å². The molecule has 0 spiro atoms. The van der Waals surface area contributed by atoms with E-state index >= 15 is 0 Å². The van der Waals surface area contributed by atoms with Gasteiger partial charge in [-0.2, -0.15) is 0 Å². The SMILES string of the molecule is C=C(OC)c1ccc2scc(-c3c(F)cccc3OC)c2c1. The first-order valence-corrected chi connectivity index (χ1v) is 7.61. The maximum atomic E-state index is 14.3. The Labute approximate surface area is 132 Å². The topological polar surface area (TPSA) is 18.5 Å². The number of methoxy groups -OCH3 is 2. The van der Waals surface area contributed by atoms with Crippen molar-refractivity contribution in [3.63, 3.8) is 0 Å². The van der Waals surface area contributed by atoms with Crippen LogP contribution in [0.1, 0.15) is 5.56 Å². The molecular formula is C18H15FO2S. The highest BCUT2D eigenvalue weighted by Gasteiger charge is 2.16. The summed E-state index contributed by atoms with van der Waals surface area (Å²) in [6.45, 7) is 3.87. The Morgan fingerprint density at radius 3 is 2.73 bits per heavy atom. The highest BCUT2D eigenvalue weighted by molar-refractivity contribution is 7.17. The van der Waals surface area contributed by atoms with Gasteiger partial charge in [0.15, 0.2) is 0 Å². The molecule has 0 saturated carbocycles. The number of benzene rings is 2. The molecule has 1 heterocycles. The lowest BCUT2D eigenvalue weighted by Gasteiger charge is -2.10. The monoisotopic (exact) mass is 314 g/mol. The van der Waals surface area contributed by atoms with Crippen LogP contribution in [0.2, 0.25) is 0 Å². The van der Waals surface area contributed by atoms with E-state index in [0.717, 1.165) is 21.2 Å². The molecule has 3 rings (SSSR count). The van der Waals surface area contributed by atoms with Crippen LogP contribution in [0.4, 0.5) is 4.39 Å². The van der Waals surface area contributed by atoms with Crippen LogP contribution in [0.25, 0.3) is 27.0 Å². The van der Waals surface area contributed by atoms with E-state index in [0.29, 0.717) is 17.1 Å². The first-order chi connectivity index (χ1) is 10.7. The summed E-state index contributed by atoms with van der Waals surface area (Å²) in [5.41, 5.74) is 2.18. The highest BCUT2D eigenvalue weighted by atomic mass is 32.1. The molecule has 1 aromatic heterocycles. The van der Waals surface area contributed by atoms with Crippen molar-refractivity contribution in [1.29, 1.82) is 0 Å². The molecule has 112 valence electrons. The van der Waals surface area contributed by atoms with Crippen LogP contribution in [0.5, 0.6) is 5.75 Å². The second-order valence-electron chi connectivity index (χ2n) is 4.80. The van der Waals surface area contributed by atoms with Crippen molar-refractivity contribution < 1.29 is 13.9 Å². The number of halogens is 1. The molecule has 3 aromatic rings. The second kappa shape index (κ2) is 5.81. The van der Waals surface area contributed by atoms with Gasteiger partial charge >= 0.3 is 0 Å². The average Bonchev–Trinajstić information content (AvgIpc) is 2.96. The quantitative estimate of drug-likeness (QED) is 0.606. The normalized spacial score (nSPS) is 10.7. The molecule has 0 amide bonds. The number of hydrogen-bond acceptors (Lipinski definition) is 3. The zero-order valence-electron chi connectivity index (χ0n) is 12.4. The standard InChI is InChI=1S/C18H15FO2S/c1-11(20-2)12-7-8-17-13(9-12)14(10-22-17)18-15(19)5-4-6-16(18)21-3/h4-10H,1H2,2-3H3. The smallest absolute Gasteiger partial charge is 0.134 e. The molecule has 0 saturated heterocycles. The molecule has 0 fully saturated rings. The van der Waals surface area contributed by atoms with Crippen molar-refractivity contribution in [1.82, 2.24) is 0 Å². The van der Waals surface area contributed by atoms with E-state index in [1.807, 2.05) is 23.6 Å². The van der Waals surface area contributed by atoms with Gasteiger partial charge in [-0.1, -0.05) is 12.6 Å². The van der Waals surface area contributed by atoms with Crippen LogP contribution in [-0.4, -0.2) is 14.2 Å². The summed E-state index contributed by atoms with van der Waals surface area (Å²) in [4.78, 5) is 0. The third kappa shape index (κ3) is 2.35. The summed E-state index contributed by atoms with van der Waals surface area (Å²) in [7, 11) is 3.13. The summed E-state index contributed by atoms with van der Waals surface area (Å²) < 4.78 is 25.9. The highest BCUT2D eigenvalue weighted by Crippen LogP contribution is 2.40. The van der Waals surface area contributed by atoms with Gasteiger partial charge in [0, 0.05) is 26.6 Å². The third-order valence-corrected chi connectivity index (χ3v) is 4.57. The molecule has 2 aromatic carbocycles. The summed E-state index contributed by atoms with van der Waals surface area (Å²) in [5.74, 6) is 0.810. The largest absolute Gasteiger partial charge is 0.497 e. The van der Waals surface area contributed by atoms with Crippen LogP contribution >= 0.6 is 11.3 Å². The summed E-state index contributed by atoms with van der Waals surface area (Å²) in [5, 5.41) is 2.91. The Balaban J connectivity index is 2.26. The van der Waals surface area contributed by atoms with E-state index in [1.54, 1.807) is 37.7 Å². The van der Waals surface area contributed by atoms with Gasteiger partial charge in [-0.3, -0.25) is 0 Å². The van der Waals surface area contributed by atoms with E-state index in [1.165, 1.54) is 6.07 Å². The van der Waals surface area contributed by atoms with Gasteiger partial charge in [0.25, 0.3) is 0 Å². The Morgan fingerprint density at radius 1 is 1.18 bits per heavy atom. The molecule has 0 aliphatic heterocycles. The first kappa shape index (κ1) is 14.6. The molecule has 0 bridgehead atoms.